The summed E-state index contributed by atoms with van der Waals surface area (Å²) in [4.78, 5) is 27.9. The van der Waals surface area contributed by atoms with E-state index in [9.17, 15) is 14.7 Å². The molecule has 0 atom stereocenters. The van der Waals surface area contributed by atoms with Crippen molar-refractivity contribution < 1.29 is 14.7 Å². The van der Waals surface area contributed by atoms with E-state index in [1.807, 2.05) is 60.7 Å². The first-order valence-electron chi connectivity index (χ1n) is 5.42. The molecule has 3 nitrogen and oxygen atoms in total. The fourth-order valence-electron chi connectivity index (χ4n) is 1.71. The zero-order valence-corrected chi connectivity index (χ0v) is 11.3. The van der Waals surface area contributed by atoms with Crippen molar-refractivity contribution >= 4 is 17.7 Å². The van der Waals surface area contributed by atoms with Crippen LogP contribution in [0.15, 0.2) is 60.7 Å². The Morgan fingerprint density at radius 1 is 0.722 bits per heavy atom. The molecule has 94 valence electrons. The smallest absolute Gasteiger partial charge is 0.290 e. The van der Waals surface area contributed by atoms with Crippen LogP contribution in [0.1, 0.15) is 16.4 Å². The molecule has 0 aliphatic heterocycles. The van der Waals surface area contributed by atoms with Crippen molar-refractivity contribution in [3.63, 3.8) is 0 Å². The van der Waals surface area contributed by atoms with Gasteiger partial charge in [0.1, 0.15) is 0 Å². The summed E-state index contributed by atoms with van der Waals surface area (Å²) in [7, 11) is 0.786. The molecule has 0 heterocycles. The summed E-state index contributed by atoms with van der Waals surface area (Å²) in [5.74, 6) is 0. The summed E-state index contributed by atoms with van der Waals surface area (Å²) in [6, 6.07) is 19.0. The summed E-state index contributed by atoms with van der Waals surface area (Å²) in [6.07, 6.45) is 0. The summed E-state index contributed by atoms with van der Waals surface area (Å²) in [5.41, 5.74) is 1.85. The number of hydrogen-bond donors (Lipinski definition) is 3. The molecule has 0 amide bonds. The molecule has 2 aromatic rings. The SMILES string of the molecule is OP(O)(O)=[S+]C(c1ccccc1)c1ccccc1. The minimum absolute atomic E-state index is 0.291. The molecule has 2 aromatic carbocycles. The molecule has 5 heteroatoms. The van der Waals surface area contributed by atoms with Gasteiger partial charge in [-0.05, 0) is 0 Å². The van der Waals surface area contributed by atoms with Gasteiger partial charge in [0.15, 0.2) is 0 Å². The van der Waals surface area contributed by atoms with Crippen molar-refractivity contribution in [3.05, 3.63) is 71.8 Å². The maximum Gasteiger partial charge on any atom is 0.516 e. The van der Waals surface area contributed by atoms with E-state index in [0.717, 1.165) is 22.1 Å². The highest BCUT2D eigenvalue weighted by molar-refractivity contribution is 8.16. The van der Waals surface area contributed by atoms with E-state index in [-0.39, 0.29) is 5.25 Å². The lowest BCUT2D eigenvalue weighted by Gasteiger charge is -2.05. The number of rotatable bonds is 3. The van der Waals surface area contributed by atoms with E-state index in [1.165, 1.54) is 0 Å². The van der Waals surface area contributed by atoms with Gasteiger partial charge < -0.3 is 0 Å². The Labute approximate surface area is 110 Å². The van der Waals surface area contributed by atoms with Crippen molar-refractivity contribution in [2.45, 2.75) is 5.25 Å². The van der Waals surface area contributed by atoms with Gasteiger partial charge in [0.25, 0.3) is 10.9 Å². The summed E-state index contributed by atoms with van der Waals surface area (Å²) in [6.45, 7) is -3.89. The third-order valence-electron chi connectivity index (χ3n) is 2.45. The van der Waals surface area contributed by atoms with E-state index in [0.29, 0.717) is 0 Å². The highest BCUT2D eigenvalue weighted by atomic mass is 32.5. The molecular weight excluding hydrogens is 267 g/mol. The van der Waals surface area contributed by atoms with Crippen LogP contribution in [0.4, 0.5) is 0 Å². The number of benzene rings is 2. The van der Waals surface area contributed by atoms with E-state index in [2.05, 4.69) is 0 Å². The average Bonchev–Trinajstić information content (AvgIpc) is 2.37. The first-order valence-corrected chi connectivity index (χ1v) is 8.55. The molecule has 0 aromatic heterocycles. The highest BCUT2D eigenvalue weighted by Gasteiger charge is 2.30. The standard InChI is InChI=1S/C13H14O3PS/c14-17(15,16)18-13(11-7-3-1-4-8-11)12-9-5-2-6-10-12/h1-10,13-16H/q+1. The third kappa shape index (κ3) is 3.73. The first-order chi connectivity index (χ1) is 8.56. The van der Waals surface area contributed by atoms with E-state index < -0.39 is 6.72 Å². The van der Waals surface area contributed by atoms with E-state index in [4.69, 9.17) is 0 Å². The largest absolute Gasteiger partial charge is 0.516 e. The average molecular weight is 281 g/mol. The maximum absolute atomic E-state index is 9.30. The Bertz CT molecular complexity index is 503. The Balaban J connectivity index is 2.49. The van der Waals surface area contributed by atoms with Crippen LogP contribution in [0.2, 0.25) is 0 Å². The normalized spacial score (nSPS) is 11.6. The second kappa shape index (κ2) is 5.74. The Kier molecular flexibility index (Phi) is 4.27. The molecule has 0 radical (unpaired) electrons. The van der Waals surface area contributed by atoms with Crippen LogP contribution in [0.3, 0.4) is 0 Å². The van der Waals surface area contributed by atoms with Gasteiger partial charge in [0, 0.05) is 11.1 Å². The van der Waals surface area contributed by atoms with Crippen molar-refractivity contribution in [1.82, 2.24) is 0 Å². The molecule has 0 aliphatic carbocycles. The van der Waals surface area contributed by atoms with Crippen molar-refractivity contribution in [3.8, 4) is 0 Å². The van der Waals surface area contributed by atoms with Gasteiger partial charge in [-0.3, -0.25) is 14.7 Å². The quantitative estimate of drug-likeness (QED) is 0.598. The predicted molar refractivity (Wildman–Crippen MR) is 75.7 cm³/mol. The van der Waals surface area contributed by atoms with Crippen LogP contribution in [0.5, 0.6) is 0 Å². The molecule has 0 bridgehead atoms. The monoisotopic (exact) mass is 281 g/mol. The third-order valence-corrected chi connectivity index (χ3v) is 4.97. The van der Waals surface area contributed by atoms with Gasteiger partial charge in [-0.25, -0.2) is 0 Å². The Hall–Kier alpha value is -1.03. The lowest BCUT2D eigenvalue weighted by Crippen LogP contribution is -2.00. The highest BCUT2D eigenvalue weighted by Crippen LogP contribution is 2.38. The van der Waals surface area contributed by atoms with E-state index >= 15 is 0 Å². The van der Waals surface area contributed by atoms with Gasteiger partial charge in [0.05, 0.1) is 0 Å². The Morgan fingerprint density at radius 2 is 1.11 bits per heavy atom. The van der Waals surface area contributed by atoms with Crippen LogP contribution in [-0.4, -0.2) is 14.7 Å². The second-order valence-electron chi connectivity index (χ2n) is 3.82. The van der Waals surface area contributed by atoms with Crippen LogP contribution >= 0.6 is 6.72 Å². The van der Waals surface area contributed by atoms with Crippen LogP contribution in [0, 0.1) is 0 Å². The second-order valence-corrected chi connectivity index (χ2v) is 7.63. The van der Waals surface area contributed by atoms with Gasteiger partial charge >= 0.3 is 6.72 Å². The zero-order valence-electron chi connectivity index (χ0n) is 9.55. The molecular formula is C13H14O3PS+. The molecule has 0 fully saturated rings. The fourth-order valence-corrected chi connectivity index (χ4v) is 4.13. The van der Waals surface area contributed by atoms with Gasteiger partial charge in [0.2, 0.25) is 5.25 Å². The lowest BCUT2D eigenvalue weighted by atomic mass is 10.0. The van der Waals surface area contributed by atoms with Crippen molar-refractivity contribution in [1.29, 1.82) is 0 Å². The molecule has 0 spiro atoms. The van der Waals surface area contributed by atoms with Crippen LogP contribution in [-0.2, 0) is 10.9 Å². The van der Waals surface area contributed by atoms with Gasteiger partial charge in [-0.15, -0.1) is 0 Å². The summed E-state index contributed by atoms with van der Waals surface area (Å²) < 4.78 is 0. The zero-order chi connectivity index (χ0) is 13.0. The molecule has 0 aliphatic rings. The molecule has 0 saturated heterocycles. The molecule has 3 N–H and O–H groups in total. The van der Waals surface area contributed by atoms with Gasteiger partial charge in [-0.2, -0.15) is 0 Å². The minimum Gasteiger partial charge on any atom is -0.290 e. The van der Waals surface area contributed by atoms with Gasteiger partial charge in [-0.1, -0.05) is 60.7 Å². The summed E-state index contributed by atoms with van der Waals surface area (Å²) >= 11 is 0. The van der Waals surface area contributed by atoms with Crippen LogP contribution < -0.4 is 0 Å². The predicted octanol–water partition coefficient (Wildman–Crippen LogP) is 2.51. The van der Waals surface area contributed by atoms with E-state index in [1.54, 1.807) is 0 Å². The molecule has 2 rings (SSSR count). The minimum atomic E-state index is -3.89. The van der Waals surface area contributed by atoms with Crippen LogP contribution in [0.25, 0.3) is 0 Å². The fraction of sp³-hybridized carbons (Fsp3) is 0.0769. The number of hydrogen-bond acceptors (Lipinski definition) is 0. The molecule has 0 unspecified atom stereocenters. The van der Waals surface area contributed by atoms with Crippen molar-refractivity contribution in [2.24, 2.45) is 0 Å². The Morgan fingerprint density at radius 3 is 1.44 bits per heavy atom. The topological polar surface area (TPSA) is 60.7 Å². The lowest BCUT2D eigenvalue weighted by molar-refractivity contribution is 0.363. The molecule has 0 saturated carbocycles. The van der Waals surface area contributed by atoms with Crippen molar-refractivity contribution in [2.75, 3.05) is 0 Å². The summed E-state index contributed by atoms with van der Waals surface area (Å²) in [5, 5.41) is -0.291. The first kappa shape index (κ1) is 13.4. The molecule has 18 heavy (non-hydrogen) atoms. The maximum atomic E-state index is 9.30.